The first kappa shape index (κ1) is 14.7. The molecular weight excluding hydrogens is 256 g/mol. The van der Waals surface area contributed by atoms with Gasteiger partial charge in [-0.05, 0) is 44.9 Å². The molecule has 1 aliphatic rings. The minimum absolute atomic E-state index is 0.362. The highest BCUT2D eigenvalue weighted by molar-refractivity contribution is 5.55. The van der Waals surface area contributed by atoms with Gasteiger partial charge in [-0.3, -0.25) is 0 Å². The number of anilines is 1. The van der Waals surface area contributed by atoms with E-state index in [0.29, 0.717) is 11.6 Å². The lowest BCUT2D eigenvalue weighted by molar-refractivity contribution is 0.129. The second-order valence-electron chi connectivity index (χ2n) is 5.51. The third kappa shape index (κ3) is 2.02. The monoisotopic (exact) mass is 278 g/mol. The lowest BCUT2D eigenvalue weighted by Gasteiger charge is -2.36. The summed E-state index contributed by atoms with van der Waals surface area (Å²) in [7, 11) is 3.20. The molecule has 110 valence electrons. The maximum atomic E-state index is 10.5. The normalized spacial score (nSPS) is 21.4. The van der Waals surface area contributed by atoms with Crippen LogP contribution >= 0.6 is 0 Å². The Balaban J connectivity index is 2.46. The van der Waals surface area contributed by atoms with Crippen molar-refractivity contribution < 1.29 is 14.6 Å². The topological polar surface area (TPSA) is 54.8 Å². The zero-order chi connectivity index (χ0) is 15.1. The molecule has 0 saturated heterocycles. The van der Waals surface area contributed by atoms with E-state index in [4.69, 9.17) is 9.47 Å². The molecule has 20 heavy (non-hydrogen) atoms. The Morgan fingerprint density at radius 2 is 1.90 bits per heavy atom. The molecule has 0 aliphatic carbocycles. The Morgan fingerprint density at radius 1 is 1.25 bits per heavy atom. The molecule has 5 heteroatoms. The molecule has 1 atom stereocenters. The highest BCUT2D eigenvalue weighted by Gasteiger charge is 2.45. The van der Waals surface area contributed by atoms with Crippen LogP contribution in [0.5, 0.6) is 5.75 Å². The largest absolute Gasteiger partial charge is 0.496 e. The zero-order valence-electron chi connectivity index (χ0n) is 12.9. The van der Waals surface area contributed by atoms with E-state index in [2.05, 4.69) is 4.98 Å². The minimum Gasteiger partial charge on any atom is -0.496 e. The predicted octanol–water partition coefficient (Wildman–Crippen LogP) is 2.24. The van der Waals surface area contributed by atoms with E-state index in [1.54, 1.807) is 20.4 Å². The Labute approximate surface area is 119 Å². The molecular formula is C15H22N2O3. The summed E-state index contributed by atoms with van der Waals surface area (Å²) in [5, 5.41) is 10.5. The summed E-state index contributed by atoms with van der Waals surface area (Å²) >= 11 is 0. The average molecular weight is 278 g/mol. The smallest absolute Gasteiger partial charge is 0.187 e. The van der Waals surface area contributed by atoms with Gasteiger partial charge in [0, 0.05) is 0 Å². The van der Waals surface area contributed by atoms with Crippen molar-refractivity contribution in [3.63, 3.8) is 0 Å². The second kappa shape index (κ2) is 4.98. The number of aliphatic hydroxyl groups excluding tert-OH is 1. The van der Waals surface area contributed by atoms with E-state index >= 15 is 0 Å². The maximum Gasteiger partial charge on any atom is 0.187 e. The van der Waals surface area contributed by atoms with Crippen molar-refractivity contribution in [3.8, 4) is 5.75 Å². The van der Waals surface area contributed by atoms with Gasteiger partial charge in [0.2, 0.25) is 0 Å². The van der Waals surface area contributed by atoms with Gasteiger partial charge in [-0.15, -0.1) is 0 Å². The van der Waals surface area contributed by atoms with Gasteiger partial charge >= 0.3 is 0 Å². The summed E-state index contributed by atoms with van der Waals surface area (Å²) in [6.45, 7) is 8.01. The number of hydrogen-bond donors (Lipinski definition) is 1. The van der Waals surface area contributed by atoms with Crippen LogP contribution in [0.15, 0.2) is 23.6 Å². The van der Waals surface area contributed by atoms with Crippen LogP contribution in [0.4, 0.5) is 5.82 Å². The fraction of sp³-hybridized carbons (Fsp3) is 0.533. The number of rotatable bonds is 3. The number of aromatic nitrogens is 1. The van der Waals surface area contributed by atoms with Gasteiger partial charge in [-0.1, -0.05) is 0 Å². The molecule has 2 heterocycles. The first-order valence-corrected chi connectivity index (χ1v) is 6.57. The van der Waals surface area contributed by atoms with Gasteiger partial charge in [-0.2, -0.15) is 0 Å². The standard InChI is InChI=1S/C15H22N2O3/c1-9-7-12(16-8-11(9)19-5)17-14(18)13(20-6)10(2)15(17,3)4/h7-8,14,18H,1-6H3. The van der Waals surface area contributed by atoms with Crippen molar-refractivity contribution in [3.05, 3.63) is 29.2 Å². The van der Waals surface area contributed by atoms with Crippen LogP contribution in [0.1, 0.15) is 26.3 Å². The van der Waals surface area contributed by atoms with E-state index in [1.165, 1.54) is 0 Å². The van der Waals surface area contributed by atoms with Crippen molar-refractivity contribution in [1.82, 2.24) is 4.98 Å². The Hall–Kier alpha value is -1.75. The summed E-state index contributed by atoms with van der Waals surface area (Å²) in [6, 6.07) is 1.91. The molecule has 0 saturated carbocycles. The van der Waals surface area contributed by atoms with Gasteiger partial charge in [0.1, 0.15) is 17.3 Å². The molecule has 1 aromatic rings. The molecule has 0 aromatic carbocycles. The van der Waals surface area contributed by atoms with Gasteiger partial charge < -0.3 is 19.5 Å². The van der Waals surface area contributed by atoms with Crippen LogP contribution in [0.3, 0.4) is 0 Å². The minimum atomic E-state index is -0.824. The average Bonchev–Trinajstić information content (AvgIpc) is 2.56. The summed E-state index contributed by atoms with van der Waals surface area (Å²) in [6.07, 6.45) is 0.850. The Morgan fingerprint density at radius 3 is 2.35 bits per heavy atom. The molecule has 1 aromatic heterocycles. The van der Waals surface area contributed by atoms with Crippen molar-refractivity contribution in [2.45, 2.75) is 39.5 Å². The first-order valence-electron chi connectivity index (χ1n) is 6.57. The van der Waals surface area contributed by atoms with E-state index in [-0.39, 0.29) is 5.54 Å². The molecule has 5 nitrogen and oxygen atoms in total. The second-order valence-corrected chi connectivity index (χ2v) is 5.51. The van der Waals surface area contributed by atoms with Crippen molar-refractivity contribution >= 4 is 5.82 Å². The predicted molar refractivity (Wildman–Crippen MR) is 77.8 cm³/mol. The molecule has 0 radical (unpaired) electrons. The highest BCUT2D eigenvalue weighted by atomic mass is 16.5. The lowest BCUT2D eigenvalue weighted by Crippen LogP contribution is -2.46. The van der Waals surface area contributed by atoms with E-state index < -0.39 is 6.23 Å². The van der Waals surface area contributed by atoms with E-state index in [9.17, 15) is 5.11 Å². The highest BCUT2D eigenvalue weighted by Crippen LogP contribution is 2.41. The Kier molecular flexibility index (Phi) is 3.65. The third-order valence-corrected chi connectivity index (χ3v) is 4.10. The molecule has 0 spiro atoms. The fourth-order valence-electron chi connectivity index (χ4n) is 2.64. The van der Waals surface area contributed by atoms with Gasteiger partial charge in [0.05, 0.1) is 26.0 Å². The van der Waals surface area contributed by atoms with Crippen molar-refractivity contribution in [2.24, 2.45) is 0 Å². The van der Waals surface area contributed by atoms with E-state index in [0.717, 1.165) is 16.9 Å². The number of aliphatic hydroxyl groups is 1. The molecule has 0 fully saturated rings. The van der Waals surface area contributed by atoms with Crippen LogP contribution in [0, 0.1) is 6.92 Å². The number of pyridine rings is 1. The summed E-state index contributed by atoms with van der Waals surface area (Å²) in [5.74, 6) is 2.02. The zero-order valence-corrected chi connectivity index (χ0v) is 12.9. The Bertz CT molecular complexity index is 552. The van der Waals surface area contributed by atoms with Crippen molar-refractivity contribution in [1.29, 1.82) is 0 Å². The molecule has 2 rings (SSSR count). The third-order valence-electron chi connectivity index (χ3n) is 4.10. The van der Waals surface area contributed by atoms with E-state index in [1.807, 2.05) is 38.7 Å². The number of hydrogen-bond acceptors (Lipinski definition) is 5. The van der Waals surface area contributed by atoms with Crippen molar-refractivity contribution in [2.75, 3.05) is 19.1 Å². The lowest BCUT2D eigenvalue weighted by atomic mass is 9.96. The molecule has 1 N–H and O–H groups in total. The van der Waals surface area contributed by atoms with Gasteiger partial charge in [-0.25, -0.2) is 4.98 Å². The number of aryl methyl sites for hydroxylation is 1. The molecule has 1 unspecified atom stereocenters. The summed E-state index contributed by atoms with van der Waals surface area (Å²) in [5.41, 5.74) is 1.62. The summed E-state index contributed by atoms with van der Waals surface area (Å²) < 4.78 is 10.6. The van der Waals surface area contributed by atoms with Crippen LogP contribution in [0.25, 0.3) is 0 Å². The van der Waals surface area contributed by atoms with Crippen LogP contribution < -0.4 is 9.64 Å². The summed E-state index contributed by atoms with van der Waals surface area (Å²) in [4.78, 5) is 6.26. The molecule has 0 bridgehead atoms. The maximum absolute atomic E-state index is 10.5. The quantitative estimate of drug-likeness (QED) is 0.919. The number of nitrogens with zero attached hydrogens (tertiary/aromatic N) is 2. The van der Waals surface area contributed by atoms with Crippen LogP contribution in [0.2, 0.25) is 0 Å². The van der Waals surface area contributed by atoms with Crippen LogP contribution in [-0.4, -0.2) is 36.1 Å². The van der Waals surface area contributed by atoms with Gasteiger partial charge in [0.15, 0.2) is 6.23 Å². The number of methoxy groups -OCH3 is 2. The van der Waals surface area contributed by atoms with Crippen LogP contribution in [-0.2, 0) is 4.74 Å². The molecule has 0 amide bonds. The first-order chi connectivity index (χ1) is 9.34. The number of ether oxygens (including phenoxy) is 2. The fourth-order valence-corrected chi connectivity index (χ4v) is 2.64. The van der Waals surface area contributed by atoms with Gasteiger partial charge in [0.25, 0.3) is 0 Å². The SMILES string of the molecule is COC1=C(C)C(C)(C)N(c2cc(C)c(OC)cn2)C1O. The molecule has 1 aliphatic heterocycles.